The molecule has 6 nitrogen and oxygen atoms in total. The zero-order valence-electron chi connectivity index (χ0n) is 16.5. The van der Waals surface area contributed by atoms with Crippen molar-refractivity contribution in [1.82, 2.24) is 24.1 Å². The van der Waals surface area contributed by atoms with E-state index in [0.29, 0.717) is 24.5 Å². The van der Waals surface area contributed by atoms with Gasteiger partial charge in [-0.2, -0.15) is 18.3 Å². The third-order valence-corrected chi connectivity index (χ3v) is 5.25. The Morgan fingerprint density at radius 2 is 1.80 bits per heavy atom. The standard InChI is InChI=1S/C21H22F3N5O/c1-26-8-5-11-28(13-12-26)20(30)18-15-25-29(19(18)27-9-2-3-10-27)17-7-4-6-16(14-17)21(22,23)24/h2-4,6-7,9-10,14-15H,5,8,11-13H2,1H3. The molecule has 3 aromatic rings. The lowest BCUT2D eigenvalue weighted by molar-refractivity contribution is -0.137. The van der Waals surface area contributed by atoms with Crippen LogP contribution in [0.5, 0.6) is 0 Å². The maximum Gasteiger partial charge on any atom is 0.416 e. The normalized spacial score (nSPS) is 15.9. The molecular formula is C21H22F3N5O. The van der Waals surface area contributed by atoms with Gasteiger partial charge in [-0.3, -0.25) is 4.79 Å². The summed E-state index contributed by atoms with van der Waals surface area (Å²) in [5.74, 6) is 0.245. The quantitative estimate of drug-likeness (QED) is 0.656. The molecule has 1 aromatic carbocycles. The van der Waals surface area contributed by atoms with Crippen LogP contribution in [0.2, 0.25) is 0 Å². The fraction of sp³-hybridized carbons (Fsp3) is 0.333. The maximum atomic E-state index is 13.3. The number of rotatable bonds is 3. The van der Waals surface area contributed by atoms with Gasteiger partial charge in [-0.15, -0.1) is 0 Å². The number of alkyl halides is 3. The predicted molar refractivity (Wildman–Crippen MR) is 106 cm³/mol. The highest BCUT2D eigenvalue weighted by atomic mass is 19.4. The van der Waals surface area contributed by atoms with Gasteiger partial charge in [0.25, 0.3) is 5.91 Å². The number of hydrogen-bond acceptors (Lipinski definition) is 3. The van der Waals surface area contributed by atoms with Gasteiger partial charge >= 0.3 is 6.18 Å². The van der Waals surface area contributed by atoms with Crippen molar-refractivity contribution in [3.8, 4) is 11.5 Å². The first-order chi connectivity index (χ1) is 14.3. The zero-order valence-corrected chi connectivity index (χ0v) is 16.5. The lowest BCUT2D eigenvalue weighted by Gasteiger charge is -2.21. The van der Waals surface area contributed by atoms with E-state index in [1.54, 1.807) is 40.1 Å². The molecule has 4 rings (SSSR count). The number of amides is 1. The van der Waals surface area contributed by atoms with Crippen LogP contribution in [0.1, 0.15) is 22.3 Å². The van der Waals surface area contributed by atoms with Crippen molar-refractivity contribution >= 4 is 5.91 Å². The number of aromatic nitrogens is 3. The molecule has 1 amide bonds. The van der Waals surface area contributed by atoms with E-state index in [9.17, 15) is 18.0 Å². The van der Waals surface area contributed by atoms with Gasteiger partial charge < -0.3 is 14.4 Å². The predicted octanol–water partition coefficient (Wildman–Crippen LogP) is 3.46. The largest absolute Gasteiger partial charge is 0.416 e. The third kappa shape index (κ3) is 3.97. The molecule has 0 unspecified atom stereocenters. The Labute approximate surface area is 172 Å². The number of benzene rings is 1. The Morgan fingerprint density at radius 1 is 1.03 bits per heavy atom. The summed E-state index contributed by atoms with van der Waals surface area (Å²) >= 11 is 0. The first-order valence-electron chi connectivity index (χ1n) is 9.71. The second-order valence-electron chi connectivity index (χ2n) is 7.38. The fourth-order valence-corrected chi connectivity index (χ4v) is 3.64. The molecule has 0 radical (unpaired) electrons. The van der Waals surface area contributed by atoms with Gasteiger partial charge in [-0.1, -0.05) is 6.07 Å². The Kier molecular flexibility index (Phi) is 5.38. The van der Waals surface area contributed by atoms with E-state index in [2.05, 4.69) is 10.00 Å². The minimum absolute atomic E-state index is 0.174. The summed E-state index contributed by atoms with van der Waals surface area (Å²) in [6, 6.07) is 8.52. The Bertz CT molecular complexity index is 1030. The molecule has 0 bridgehead atoms. The van der Waals surface area contributed by atoms with Crippen molar-refractivity contribution in [3.63, 3.8) is 0 Å². The van der Waals surface area contributed by atoms with Crippen LogP contribution in [0.4, 0.5) is 13.2 Å². The summed E-state index contributed by atoms with van der Waals surface area (Å²) in [6.45, 7) is 2.91. The summed E-state index contributed by atoms with van der Waals surface area (Å²) in [7, 11) is 2.02. The number of hydrogen-bond donors (Lipinski definition) is 0. The minimum Gasteiger partial charge on any atom is -0.337 e. The van der Waals surface area contributed by atoms with Crippen LogP contribution in [0.15, 0.2) is 55.0 Å². The van der Waals surface area contributed by atoms with Gasteiger partial charge in [-0.25, -0.2) is 4.68 Å². The van der Waals surface area contributed by atoms with E-state index in [1.807, 2.05) is 7.05 Å². The molecule has 0 saturated carbocycles. The molecule has 2 aromatic heterocycles. The van der Waals surface area contributed by atoms with E-state index in [-0.39, 0.29) is 11.6 Å². The van der Waals surface area contributed by atoms with Gasteiger partial charge in [0, 0.05) is 32.0 Å². The van der Waals surface area contributed by atoms with Crippen LogP contribution in [0.3, 0.4) is 0 Å². The van der Waals surface area contributed by atoms with E-state index in [4.69, 9.17) is 0 Å². The van der Waals surface area contributed by atoms with Crippen molar-refractivity contribution in [2.24, 2.45) is 0 Å². The summed E-state index contributed by atoms with van der Waals surface area (Å²) in [5.41, 5.74) is -0.172. The lowest BCUT2D eigenvalue weighted by Crippen LogP contribution is -2.34. The van der Waals surface area contributed by atoms with Gasteiger partial charge in [0.15, 0.2) is 5.82 Å². The van der Waals surface area contributed by atoms with Crippen LogP contribution in [0.25, 0.3) is 11.5 Å². The SMILES string of the molecule is CN1CCCN(C(=O)c2cnn(-c3cccc(C(F)(F)F)c3)c2-n2cccc2)CC1. The molecule has 9 heteroatoms. The Balaban J connectivity index is 1.77. The number of carbonyl (C=O) groups is 1. The molecule has 0 aliphatic carbocycles. The van der Waals surface area contributed by atoms with Crippen molar-refractivity contribution in [2.75, 3.05) is 33.2 Å². The Hall–Kier alpha value is -3.07. The maximum absolute atomic E-state index is 13.3. The summed E-state index contributed by atoms with van der Waals surface area (Å²) < 4.78 is 42.7. The molecule has 0 N–H and O–H groups in total. The van der Waals surface area contributed by atoms with Gasteiger partial charge in [0.1, 0.15) is 5.56 Å². The van der Waals surface area contributed by atoms with Gasteiger partial charge in [0.2, 0.25) is 0 Å². The number of carbonyl (C=O) groups excluding carboxylic acids is 1. The second-order valence-corrected chi connectivity index (χ2v) is 7.38. The van der Waals surface area contributed by atoms with Crippen molar-refractivity contribution in [1.29, 1.82) is 0 Å². The van der Waals surface area contributed by atoms with Crippen molar-refractivity contribution in [3.05, 3.63) is 66.1 Å². The molecule has 30 heavy (non-hydrogen) atoms. The average Bonchev–Trinajstić information content (AvgIpc) is 3.34. The average molecular weight is 417 g/mol. The van der Waals surface area contributed by atoms with Crippen LogP contribution < -0.4 is 0 Å². The van der Waals surface area contributed by atoms with Crippen LogP contribution in [-0.2, 0) is 6.18 Å². The minimum atomic E-state index is -4.46. The zero-order chi connectivity index (χ0) is 21.3. The highest BCUT2D eigenvalue weighted by molar-refractivity contribution is 5.97. The topological polar surface area (TPSA) is 46.3 Å². The second kappa shape index (κ2) is 7.98. The molecule has 1 aliphatic heterocycles. The van der Waals surface area contributed by atoms with Crippen molar-refractivity contribution < 1.29 is 18.0 Å². The molecule has 1 aliphatic rings. The molecule has 158 valence electrons. The summed E-state index contributed by atoms with van der Waals surface area (Å²) in [5, 5.41) is 4.29. The third-order valence-electron chi connectivity index (χ3n) is 5.25. The fourth-order valence-electron chi connectivity index (χ4n) is 3.64. The van der Waals surface area contributed by atoms with E-state index >= 15 is 0 Å². The van der Waals surface area contributed by atoms with Crippen LogP contribution in [0, 0.1) is 0 Å². The molecule has 1 fully saturated rings. The number of halogens is 3. The smallest absolute Gasteiger partial charge is 0.337 e. The van der Waals surface area contributed by atoms with E-state index < -0.39 is 11.7 Å². The van der Waals surface area contributed by atoms with Gasteiger partial charge in [-0.05, 0) is 50.3 Å². The van der Waals surface area contributed by atoms with Crippen LogP contribution in [-0.4, -0.2) is 63.3 Å². The first-order valence-corrected chi connectivity index (χ1v) is 9.71. The molecule has 0 spiro atoms. The number of nitrogens with zero attached hydrogens (tertiary/aromatic N) is 5. The van der Waals surface area contributed by atoms with Crippen LogP contribution >= 0.6 is 0 Å². The van der Waals surface area contributed by atoms with Crippen molar-refractivity contribution in [2.45, 2.75) is 12.6 Å². The van der Waals surface area contributed by atoms with E-state index in [0.717, 1.165) is 31.6 Å². The summed E-state index contributed by atoms with van der Waals surface area (Å²) in [6.07, 6.45) is 1.32. The van der Waals surface area contributed by atoms with Gasteiger partial charge in [0.05, 0.1) is 17.4 Å². The molecular weight excluding hydrogens is 395 g/mol. The van der Waals surface area contributed by atoms with E-state index in [1.165, 1.54) is 16.9 Å². The highest BCUT2D eigenvalue weighted by Crippen LogP contribution is 2.31. The Morgan fingerprint density at radius 3 is 2.53 bits per heavy atom. The first kappa shape index (κ1) is 20.2. The summed E-state index contributed by atoms with van der Waals surface area (Å²) in [4.78, 5) is 17.3. The monoisotopic (exact) mass is 417 g/mol. The lowest BCUT2D eigenvalue weighted by atomic mass is 10.2. The molecule has 1 saturated heterocycles. The molecule has 0 atom stereocenters. The highest BCUT2D eigenvalue weighted by Gasteiger charge is 2.31. The number of likely N-dealkylation sites (N-methyl/N-ethyl adjacent to an activating group) is 1. The molecule has 3 heterocycles.